The van der Waals surface area contributed by atoms with Crippen LogP contribution >= 0.6 is 0 Å². The van der Waals surface area contributed by atoms with Gasteiger partial charge in [-0.05, 0) is 25.0 Å². The molecule has 0 amide bonds. The van der Waals surface area contributed by atoms with Gasteiger partial charge in [-0.2, -0.15) is 8.78 Å². The number of phenols is 1. The van der Waals surface area contributed by atoms with Crippen LogP contribution in [0.4, 0.5) is 8.78 Å². The van der Waals surface area contributed by atoms with Gasteiger partial charge >= 0.3 is 0 Å². The Labute approximate surface area is 80.4 Å². The summed E-state index contributed by atoms with van der Waals surface area (Å²) in [5.74, 6) is -3.53. The van der Waals surface area contributed by atoms with Crippen molar-refractivity contribution in [1.29, 1.82) is 0 Å². The van der Waals surface area contributed by atoms with Gasteiger partial charge in [0.05, 0.1) is 11.1 Å². The van der Waals surface area contributed by atoms with Gasteiger partial charge in [-0.3, -0.25) is 0 Å². The van der Waals surface area contributed by atoms with E-state index in [1.807, 2.05) is 0 Å². The van der Waals surface area contributed by atoms with E-state index in [-0.39, 0.29) is 5.56 Å². The maximum absolute atomic E-state index is 13.7. The van der Waals surface area contributed by atoms with Crippen molar-refractivity contribution >= 4 is 0 Å². The van der Waals surface area contributed by atoms with Gasteiger partial charge in [0.15, 0.2) is 0 Å². The molecule has 0 spiro atoms. The second-order valence-electron chi connectivity index (χ2n) is 3.75. The largest absolute Gasteiger partial charge is 0.507 e. The van der Waals surface area contributed by atoms with Crippen LogP contribution in [0.25, 0.3) is 0 Å². The van der Waals surface area contributed by atoms with Crippen LogP contribution < -0.4 is 5.73 Å². The molecule has 1 fully saturated rings. The minimum atomic E-state index is -3.14. The molecule has 2 rings (SSSR count). The van der Waals surface area contributed by atoms with E-state index < -0.39 is 17.2 Å². The van der Waals surface area contributed by atoms with Gasteiger partial charge in [-0.15, -0.1) is 0 Å². The number of hydrogen-bond donors (Lipinski definition) is 2. The molecule has 0 aromatic heterocycles. The molecular formula is C10H11F2NO. The van der Waals surface area contributed by atoms with Crippen LogP contribution in [-0.2, 0) is 5.92 Å². The normalized spacial score (nSPS) is 19.4. The lowest BCUT2D eigenvalue weighted by Crippen LogP contribution is -2.41. The van der Waals surface area contributed by atoms with E-state index in [1.165, 1.54) is 24.3 Å². The van der Waals surface area contributed by atoms with Crippen LogP contribution in [0, 0.1) is 0 Å². The lowest BCUT2D eigenvalue weighted by Gasteiger charge is -2.23. The molecule has 1 aliphatic rings. The molecule has 0 atom stereocenters. The fraction of sp³-hybridized carbons (Fsp3) is 0.400. The van der Waals surface area contributed by atoms with Crippen molar-refractivity contribution in [2.45, 2.75) is 24.3 Å². The summed E-state index contributed by atoms with van der Waals surface area (Å²) in [6.07, 6.45) is 0.600. The lowest BCUT2D eigenvalue weighted by molar-refractivity contribution is -0.0439. The van der Waals surface area contributed by atoms with E-state index in [2.05, 4.69) is 0 Å². The molecule has 14 heavy (non-hydrogen) atoms. The summed E-state index contributed by atoms with van der Waals surface area (Å²) < 4.78 is 27.4. The predicted molar refractivity (Wildman–Crippen MR) is 48.2 cm³/mol. The van der Waals surface area contributed by atoms with E-state index in [0.717, 1.165) is 0 Å². The van der Waals surface area contributed by atoms with Crippen molar-refractivity contribution < 1.29 is 13.9 Å². The SMILES string of the molecule is NC1(C(F)(F)c2ccccc2O)CC1. The van der Waals surface area contributed by atoms with Crippen molar-refractivity contribution in [1.82, 2.24) is 0 Å². The van der Waals surface area contributed by atoms with E-state index in [9.17, 15) is 13.9 Å². The number of aromatic hydroxyl groups is 1. The number of para-hydroxylation sites is 1. The average Bonchev–Trinajstić information content (AvgIpc) is 2.86. The summed E-state index contributed by atoms with van der Waals surface area (Å²) in [7, 11) is 0. The van der Waals surface area contributed by atoms with Gasteiger partial charge in [-0.25, -0.2) is 0 Å². The molecule has 2 nitrogen and oxygen atoms in total. The first-order valence-corrected chi connectivity index (χ1v) is 4.42. The third-order valence-electron chi connectivity index (χ3n) is 2.66. The zero-order valence-corrected chi connectivity index (χ0v) is 7.50. The van der Waals surface area contributed by atoms with Crippen molar-refractivity contribution in [2.24, 2.45) is 5.73 Å². The Hall–Kier alpha value is -1.16. The topological polar surface area (TPSA) is 46.2 Å². The van der Waals surface area contributed by atoms with Crippen molar-refractivity contribution in [3.8, 4) is 5.75 Å². The second kappa shape index (κ2) is 2.67. The monoisotopic (exact) mass is 199 g/mol. The fourth-order valence-electron chi connectivity index (χ4n) is 1.46. The number of rotatable bonds is 2. The van der Waals surface area contributed by atoms with Crippen LogP contribution in [-0.4, -0.2) is 10.6 Å². The molecule has 1 aromatic rings. The summed E-state index contributed by atoms with van der Waals surface area (Å²) >= 11 is 0. The first kappa shape index (κ1) is 9.40. The summed E-state index contributed by atoms with van der Waals surface area (Å²) in [6.45, 7) is 0. The van der Waals surface area contributed by atoms with E-state index >= 15 is 0 Å². The summed E-state index contributed by atoms with van der Waals surface area (Å²) in [6, 6.07) is 5.43. The third-order valence-corrected chi connectivity index (χ3v) is 2.66. The maximum atomic E-state index is 13.7. The Balaban J connectivity index is 2.44. The van der Waals surface area contributed by atoms with Crippen molar-refractivity contribution in [3.05, 3.63) is 29.8 Å². The molecule has 4 heteroatoms. The number of benzene rings is 1. The van der Waals surface area contributed by atoms with Crippen molar-refractivity contribution in [2.75, 3.05) is 0 Å². The smallest absolute Gasteiger partial charge is 0.294 e. The highest BCUT2D eigenvalue weighted by Gasteiger charge is 2.60. The van der Waals surface area contributed by atoms with E-state index in [1.54, 1.807) is 0 Å². The quantitative estimate of drug-likeness (QED) is 0.765. The standard InChI is InChI=1S/C10H11F2NO/c11-10(12,9(13)5-6-9)7-3-1-2-4-8(7)14/h1-4,14H,5-6,13H2. The van der Waals surface area contributed by atoms with Gasteiger partial charge < -0.3 is 10.8 Å². The Kier molecular flexibility index (Phi) is 1.79. The molecule has 0 bridgehead atoms. The number of alkyl halides is 2. The molecule has 0 heterocycles. The van der Waals surface area contributed by atoms with Crippen LogP contribution in [0.15, 0.2) is 24.3 Å². The zero-order chi connectivity index (χ0) is 10.4. The number of halogens is 2. The Bertz CT molecular complexity index is 361. The van der Waals surface area contributed by atoms with Crippen LogP contribution in [0.1, 0.15) is 18.4 Å². The van der Waals surface area contributed by atoms with Crippen LogP contribution in [0.5, 0.6) is 5.75 Å². The summed E-state index contributed by atoms with van der Waals surface area (Å²) in [4.78, 5) is 0. The van der Waals surface area contributed by atoms with Crippen LogP contribution in [0.3, 0.4) is 0 Å². The average molecular weight is 199 g/mol. The fourth-order valence-corrected chi connectivity index (χ4v) is 1.46. The highest BCUT2D eigenvalue weighted by molar-refractivity contribution is 5.39. The number of phenolic OH excluding ortho intramolecular Hbond substituents is 1. The zero-order valence-electron chi connectivity index (χ0n) is 7.50. The first-order valence-electron chi connectivity index (χ1n) is 4.42. The third kappa shape index (κ3) is 1.18. The molecule has 1 aromatic carbocycles. The van der Waals surface area contributed by atoms with Crippen molar-refractivity contribution in [3.63, 3.8) is 0 Å². The molecule has 3 N–H and O–H groups in total. The lowest BCUT2D eigenvalue weighted by atomic mass is 9.99. The second-order valence-corrected chi connectivity index (χ2v) is 3.75. The number of nitrogens with two attached hydrogens (primary N) is 1. The highest BCUT2D eigenvalue weighted by atomic mass is 19.3. The first-order chi connectivity index (χ1) is 6.47. The molecule has 0 aliphatic heterocycles. The van der Waals surface area contributed by atoms with E-state index in [4.69, 9.17) is 5.73 Å². The summed E-state index contributed by atoms with van der Waals surface area (Å²) in [5.41, 5.74) is 3.64. The Morgan fingerprint density at radius 3 is 2.36 bits per heavy atom. The molecule has 0 radical (unpaired) electrons. The minimum Gasteiger partial charge on any atom is -0.507 e. The number of hydrogen-bond acceptors (Lipinski definition) is 2. The maximum Gasteiger partial charge on any atom is 0.294 e. The van der Waals surface area contributed by atoms with Gasteiger partial charge in [0, 0.05) is 0 Å². The minimum absolute atomic E-state index is 0.300. The predicted octanol–water partition coefficient (Wildman–Crippen LogP) is 1.98. The Morgan fingerprint density at radius 1 is 1.29 bits per heavy atom. The van der Waals surface area contributed by atoms with Gasteiger partial charge in [0.25, 0.3) is 5.92 Å². The highest BCUT2D eigenvalue weighted by Crippen LogP contribution is 2.53. The molecule has 76 valence electrons. The molecule has 0 saturated heterocycles. The molecule has 1 saturated carbocycles. The van der Waals surface area contributed by atoms with Gasteiger partial charge in [0.2, 0.25) is 0 Å². The van der Waals surface area contributed by atoms with Crippen LogP contribution in [0.2, 0.25) is 0 Å². The molecular weight excluding hydrogens is 188 g/mol. The molecule has 0 unspecified atom stereocenters. The molecule has 1 aliphatic carbocycles. The van der Waals surface area contributed by atoms with Gasteiger partial charge in [-0.1, -0.05) is 12.1 Å². The van der Waals surface area contributed by atoms with E-state index in [0.29, 0.717) is 12.8 Å². The van der Waals surface area contributed by atoms with Gasteiger partial charge in [0.1, 0.15) is 5.75 Å². The summed E-state index contributed by atoms with van der Waals surface area (Å²) in [5, 5.41) is 9.30. The Morgan fingerprint density at radius 2 is 1.86 bits per heavy atom.